The number of benzene rings is 1. The van der Waals surface area contributed by atoms with E-state index < -0.39 is 0 Å². The maximum atomic E-state index is 12.8. The normalized spacial score (nSPS) is 19.2. The Bertz CT molecular complexity index is 1090. The average molecular weight is 450 g/mol. The van der Waals surface area contributed by atoms with Gasteiger partial charge in [-0.2, -0.15) is 5.10 Å². The number of hydrogen-bond donors (Lipinski definition) is 2. The van der Waals surface area contributed by atoms with E-state index in [1.54, 1.807) is 7.11 Å². The molecule has 0 bridgehead atoms. The van der Waals surface area contributed by atoms with Gasteiger partial charge in [0.15, 0.2) is 11.5 Å². The van der Waals surface area contributed by atoms with E-state index in [2.05, 4.69) is 27.6 Å². The molecule has 0 unspecified atom stereocenters. The Kier molecular flexibility index (Phi) is 6.44. The Morgan fingerprint density at radius 1 is 1.18 bits per heavy atom. The highest BCUT2D eigenvalue weighted by Crippen LogP contribution is 2.29. The largest absolute Gasteiger partial charge is 0.497 e. The van der Waals surface area contributed by atoms with Crippen LogP contribution in [-0.2, 0) is 16.0 Å². The number of carbonyl (C=O) groups excluding carboxylic acids is 1. The number of rotatable bonds is 7. The maximum absolute atomic E-state index is 12.8. The number of likely N-dealkylation sites (tertiary alicyclic amines) is 1. The first-order valence-electron chi connectivity index (χ1n) is 11.8. The zero-order valence-electron chi connectivity index (χ0n) is 19.0. The summed E-state index contributed by atoms with van der Waals surface area (Å²) in [7, 11) is 1.66. The molecule has 2 aliphatic heterocycles. The fraction of sp³-hybridized carbons (Fsp3) is 0.480. The van der Waals surface area contributed by atoms with Gasteiger partial charge in [0.1, 0.15) is 5.75 Å². The molecule has 2 aliphatic rings. The molecule has 33 heavy (non-hydrogen) atoms. The van der Waals surface area contributed by atoms with Gasteiger partial charge in [-0.3, -0.25) is 9.89 Å². The fourth-order valence-corrected chi connectivity index (χ4v) is 4.72. The van der Waals surface area contributed by atoms with Gasteiger partial charge in [-0.15, -0.1) is 0 Å². The van der Waals surface area contributed by atoms with Crippen LogP contribution in [0.1, 0.15) is 42.9 Å². The molecule has 1 aromatic carbocycles. The molecule has 8 nitrogen and oxygen atoms in total. The molecule has 2 aromatic heterocycles. The molecule has 8 heteroatoms. The summed E-state index contributed by atoms with van der Waals surface area (Å²) in [6.45, 7) is 3.09. The summed E-state index contributed by atoms with van der Waals surface area (Å²) in [5, 5.41) is 12.1. The molecule has 5 rings (SSSR count). The van der Waals surface area contributed by atoms with E-state index in [0.29, 0.717) is 12.5 Å². The number of methoxy groups -OCH3 is 1. The van der Waals surface area contributed by atoms with Gasteiger partial charge in [0.05, 0.1) is 12.5 Å². The number of H-pyrrole nitrogens is 1. The number of ether oxygens (including phenoxy) is 2. The lowest BCUT2D eigenvalue weighted by atomic mass is 10.0. The monoisotopic (exact) mass is 449 g/mol. The van der Waals surface area contributed by atoms with Crippen molar-refractivity contribution in [1.29, 1.82) is 0 Å². The summed E-state index contributed by atoms with van der Waals surface area (Å²) >= 11 is 0. The summed E-state index contributed by atoms with van der Waals surface area (Å²) in [6, 6.07) is 12.5. The van der Waals surface area contributed by atoms with Crippen LogP contribution in [0, 0.1) is 0 Å². The molecule has 2 saturated heterocycles. The predicted molar refractivity (Wildman–Crippen MR) is 127 cm³/mol. The molecule has 1 atom stereocenters. The zero-order valence-corrected chi connectivity index (χ0v) is 19.0. The first-order chi connectivity index (χ1) is 16.2. The van der Waals surface area contributed by atoms with Crippen LogP contribution in [0.2, 0.25) is 0 Å². The van der Waals surface area contributed by atoms with E-state index in [4.69, 9.17) is 14.5 Å². The highest BCUT2D eigenvalue weighted by molar-refractivity contribution is 5.87. The highest BCUT2D eigenvalue weighted by Gasteiger charge is 2.28. The van der Waals surface area contributed by atoms with E-state index >= 15 is 0 Å². The van der Waals surface area contributed by atoms with E-state index in [1.165, 1.54) is 0 Å². The molecule has 2 fully saturated rings. The second-order valence-corrected chi connectivity index (χ2v) is 8.91. The topological polar surface area (TPSA) is 92.4 Å². The number of aromatic nitrogens is 3. The second-order valence-electron chi connectivity index (χ2n) is 8.91. The lowest BCUT2D eigenvalue weighted by Crippen LogP contribution is -2.28. The SMILES string of the molecule is COc1ccc(CCC(=O)N2CC[C@@H](c3ccc4c(NC5CCOCC5)n[nH]c4n3)C2)cc1. The van der Waals surface area contributed by atoms with Gasteiger partial charge in [-0.05, 0) is 55.5 Å². The summed E-state index contributed by atoms with van der Waals surface area (Å²) in [4.78, 5) is 19.6. The highest BCUT2D eigenvalue weighted by atomic mass is 16.5. The molecule has 3 aromatic rings. The minimum atomic E-state index is 0.207. The van der Waals surface area contributed by atoms with E-state index in [1.807, 2.05) is 29.2 Å². The molecular weight excluding hydrogens is 418 g/mol. The van der Waals surface area contributed by atoms with Crippen LogP contribution >= 0.6 is 0 Å². The fourth-order valence-electron chi connectivity index (χ4n) is 4.72. The summed E-state index contributed by atoms with van der Waals surface area (Å²) in [6.07, 6.45) is 4.18. The van der Waals surface area contributed by atoms with Crippen LogP contribution in [0.5, 0.6) is 5.75 Å². The average Bonchev–Trinajstić information content (AvgIpc) is 3.51. The number of aromatic amines is 1. The Balaban J connectivity index is 1.17. The smallest absolute Gasteiger partial charge is 0.222 e. The van der Waals surface area contributed by atoms with E-state index in [-0.39, 0.29) is 11.8 Å². The summed E-state index contributed by atoms with van der Waals surface area (Å²) in [5.41, 5.74) is 2.97. The third-order valence-electron chi connectivity index (χ3n) is 6.75. The number of fused-ring (bicyclic) bond motifs is 1. The van der Waals surface area contributed by atoms with Crippen molar-refractivity contribution in [2.45, 2.75) is 44.1 Å². The van der Waals surface area contributed by atoms with Crippen molar-refractivity contribution in [3.63, 3.8) is 0 Å². The summed E-state index contributed by atoms with van der Waals surface area (Å²) in [5.74, 6) is 2.16. The standard InChI is InChI=1S/C25H31N5O3/c1-32-20-5-2-17(3-6-20)4-9-23(31)30-13-10-18(16-30)22-8-7-21-24(28-29-25(21)27-22)26-19-11-14-33-15-12-19/h2-3,5-8,18-19H,4,9-16H2,1H3,(H2,26,27,28,29)/t18-/m1/s1. The van der Waals surface area contributed by atoms with Crippen LogP contribution < -0.4 is 10.1 Å². The van der Waals surface area contributed by atoms with Crippen LogP contribution in [0.3, 0.4) is 0 Å². The van der Waals surface area contributed by atoms with Gasteiger partial charge < -0.3 is 19.7 Å². The minimum absolute atomic E-state index is 0.207. The number of pyridine rings is 1. The number of nitrogens with zero attached hydrogens (tertiary/aromatic N) is 3. The molecule has 0 aliphatic carbocycles. The first kappa shape index (κ1) is 21.7. The van der Waals surface area contributed by atoms with Gasteiger partial charge in [0.2, 0.25) is 5.91 Å². The quantitative estimate of drug-likeness (QED) is 0.574. The lowest BCUT2D eigenvalue weighted by Gasteiger charge is -2.23. The predicted octanol–water partition coefficient (Wildman–Crippen LogP) is 3.51. The Morgan fingerprint density at radius 2 is 2.00 bits per heavy atom. The van der Waals surface area contributed by atoms with Crippen LogP contribution in [0.4, 0.5) is 5.82 Å². The third-order valence-corrected chi connectivity index (χ3v) is 6.75. The Morgan fingerprint density at radius 3 is 2.79 bits per heavy atom. The zero-order chi connectivity index (χ0) is 22.6. The number of hydrogen-bond acceptors (Lipinski definition) is 6. The number of carbonyl (C=O) groups is 1. The number of aryl methyl sites for hydroxylation is 1. The van der Waals surface area contributed by atoms with Gasteiger partial charge in [0, 0.05) is 50.4 Å². The lowest BCUT2D eigenvalue weighted by molar-refractivity contribution is -0.130. The van der Waals surface area contributed by atoms with Crippen molar-refractivity contribution in [3.05, 3.63) is 47.7 Å². The van der Waals surface area contributed by atoms with Gasteiger partial charge in [-0.1, -0.05) is 12.1 Å². The van der Waals surface area contributed by atoms with Gasteiger partial charge >= 0.3 is 0 Å². The second kappa shape index (κ2) is 9.79. The number of amides is 1. The number of anilines is 1. The first-order valence-corrected chi connectivity index (χ1v) is 11.8. The van der Waals surface area contributed by atoms with Crippen LogP contribution in [0.15, 0.2) is 36.4 Å². The molecule has 4 heterocycles. The number of nitrogens with one attached hydrogen (secondary N) is 2. The molecule has 174 valence electrons. The van der Waals surface area contributed by atoms with Crippen LogP contribution in [0.25, 0.3) is 11.0 Å². The van der Waals surface area contributed by atoms with Crippen molar-refractivity contribution < 1.29 is 14.3 Å². The van der Waals surface area contributed by atoms with Gasteiger partial charge in [0.25, 0.3) is 0 Å². The van der Waals surface area contributed by atoms with Crippen molar-refractivity contribution in [2.24, 2.45) is 0 Å². The molecular formula is C25H31N5O3. The van der Waals surface area contributed by atoms with Crippen molar-refractivity contribution >= 4 is 22.8 Å². The van der Waals surface area contributed by atoms with E-state index in [0.717, 1.165) is 85.8 Å². The van der Waals surface area contributed by atoms with Crippen molar-refractivity contribution in [3.8, 4) is 5.75 Å². The maximum Gasteiger partial charge on any atom is 0.222 e. The molecule has 1 amide bonds. The van der Waals surface area contributed by atoms with Gasteiger partial charge in [-0.25, -0.2) is 4.98 Å². The molecule has 0 spiro atoms. The minimum Gasteiger partial charge on any atom is -0.497 e. The van der Waals surface area contributed by atoms with Crippen LogP contribution in [-0.4, -0.2) is 65.4 Å². The van der Waals surface area contributed by atoms with Crippen molar-refractivity contribution in [1.82, 2.24) is 20.1 Å². The molecule has 0 radical (unpaired) electrons. The Labute approximate surface area is 193 Å². The Hall–Kier alpha value is -3.13. The van der Waals surface area contributed by atoms with E-state index in [9.17, 15) is 4.79 Å². The summed E-state index contributed by atoms with van der Waals surface area (Å²) < 4.78 is 10.6. The third kappa shape index (κ3) is 4.95. The van der Waals surface area contributed by atoms with Crippen molar-refractivity contribution in [2.75, 3.05) is 38.7 Å². The molecule has 0 saturated carbocycles. The molecule has 2 N–H and O–H groups in total.